The lowest BCUT2D eigenvalue weighted by molar-refractivity contribution is -0.144. The van der Waals surface area contributed by atoms with Crippen LogP contribution in [-0.2, 0) is 41.6 Å². The maximum absolute atomic E-state index is 14.7. The lowest BCUT2D eigenvalue weighted by Crippen LogP contribution is -2.58. The molecule has 1 aliphatic rings. The summed E-state index contributed by atoms with van der Waals surface area (Å²) < 4.78 is -0.660. The Balaban J connectivity index is 0.978. The van der Waals surface area contributed by atoms with Crippen LogP contribution in [0.3, 0.4) is 0 Å². The number of nitrogens with one attached hydrogen (secondary N) is 4. The fourth-order valence-corrected chi connectivity index (χ4v) is 11.2. The highest BCUT2D eigenvalue weighted by Gasteiger charge is 2.44. The molecule has 1 heterocycles. The van der Waals surface area contributed by atoms with E-state index in [0.29, 0.717) is 70.3 Å². The van der Waals surface area contributed by atoms with Crippen LogP contribution in [0.15, 0.2) is 164 Å². The van der Waals surface area contributed by atoms with Gasteiger partial charge in [0, 0.05) is 51.7 Å². The second kappa shape index (κ2) is 24.5. The summed E-state index contributed by atoms with van der Waals surface area (Å²) in [6.45, 7) is 4.96. The molecule has 69 heavy (non-hydrogen) atoms. The number of carbonyl (C=O) groups excluding carboxylic acids is 5. The van der Waals surface area contributed by atoms with Crippen molar-refractivity contribution in [1.29, 1.82) is 0 Å². The minimum Gasteiger partial charge on any atom is -0.356 e. The molecule has 3 atom stereocenters. The van der Waals surface area contributed by atoms with Crippen LogP contribution in [0.5, 0.6) is 0 Å². The molecule has 1 fully saturated rings. The van der Waals surface area contributed by atoms with Gasteiger partial charge in [0.15, 0.2) is 0 Å². The minimum atomic E-state index is -0.826. The standard InChI is InChI=1S/C58H65N5O5S/c1-3-59-56(68)57(40-44-22-9-4-10-23-44)35-21-37-63(42-57)55(67)51(39-45-33-34-46-24-18-19-25-47(46)38-45)62-53(65)32-17-8-20-36-60-54(66)52(61-43(2)64)41-69-58(48-26-11-5-12-27-48,49-28-13-6-14-29-49)50-30-15-7-16-31-50/h4-7,9-16,18-19,22-31,33-34,38,51-52H,3,8,17,20-21,32,35-37,39-42H2,1-2H3,(H,59,68)(H,60,66)(H,61,64)(H,62,65)/t51?,52?,57-/m0/s1. The first-order valence-corrected chi connectivity index (χ1v) is 25.3. The summed E-state index contributed by atoms with van der Waals surface area (Å²) in [6.07, 6.45) is 4.19. The monoisotopic (exact) mass is 943 g/mol. The molecule has 0 saturated carbocycles. The van der Waals surface area contributed by atoms with Crippen LogP contribution in [0.4, 0.5) is 0 Å². The maximum atomic E-state index is 14.7. The average molecular weight is 944 g/mol. The van der Waals surface area contributed by atoms with Gasteiger partial charge in [-0.1, -0.05) is 170 Å². The first-order valence-electron chi connectivity index (χ1n) is 24.3. The van der Waals surface area contributed by atoms with Gasteiger partial charge in [-0.3, -0.25) is 24.0 Å². The fourth-order valence-electron chi connectivity index (χ4n) is 9.68. The van der Waals surface area contributed by atoms with Crippen molar-refractivity contribution in [3.8, 4) is 0 Å². The number of hydrogen-bond donors (Lipinski definition) is 4. The molecule has 0 aliphatic carbocycles. The second-order valence-corrected chi connectivity index (χ2v) is 19.4. The summed E-state index contributed by atoms with van der Waals surface area (Å²) in [5.74, 6) is -0.736. The predicted octanol–water partition coefficient (Wildman–Crippen LogP) is 8.76. The largest absolute Gasteiger partial charge is 0.356 e. The van der Waals surface area contributed by atoms with Crippen LogP contribution in [0, 0.1) is 5.41 Å². The zero-order valence-corrected chi connectivity index (χ0v) is 40.6. The quantitative estimate of drug-likeness (QED) is 0.0397. The van der Waals surface area contributed by atoms with Crippen molar-refractivity contribution in [3.63, 3.8) is 0 Å². The van der Waals surface area contributed by atoms with Crippen LogP contribution in [-0.4, -0.2) is 78.5 Å². The van der Waals surface area contributed by atoms with E-state index in [2.05, 4.69) is 63.7 Å². The first kappa shape index (κ1) is 50.2. The molecule has 5 amide bonds. The molecule has 1 aliphatic heterocycles. The molecule has 11 heteroatoms. The first-order chi connectivity index (χ1) is 33.6. The van der Waals surface area contributed by atoms with Gasteiger partial charge in [0.25, 0.3) is 0 Å². The van der Waals surface area contributed by atoms with Gasteiger partial charge in [-0.2, -0.15) is 0 Å². The number of rotatable bonds is 22. The molecule has 6 aromatic carbocycles. The molecule has 6 aromatic rings. The highest BCUT2D eigenvalue weighted by atomic mass is 32.2. The van der Waals surface area contributed by atoms with E-state index in [1.165, 1.54) is 6.92 Å². The van der Waals surface area contributed by atoms with E-state index < -0.39 is 22.2 Å². The van der Waals surface area contributed by atoms with Gasteiger partial charge >= 0.3 is 0 Å². The van der Waals surface area contributed by atoms with Gasteiger partial charge in [0.2, 0.25) is 29.5 Å². The van der Waals surface area contributed by atoms with Gasteiger partial charge < -0.3 is 26.2 Å². The number of nitrogens with zero attached hydrogens (tertiary/aromatic N) is 1. The van der Waals surface area contributed by atoms with E-state index in [1.807, 2.05) is 128 Å². The number of carbonyl (C=O) groups is 5. The minimum absolute atomic E-state index is 0.0570. The molecule has 2 unspecified atom stereocenters. The van der Waals surface area contributed by atoms with Crippen LogP contribution >= 0.6 is 11.8 Å². The Labute approximate surface area is 411 Å². The summed E-state index contributed by atoms with van der Waals surface area (Å²) in [5, 5.41) is 14.2. The molecular formula is C58H65N5O5S. The van der Waals surface area contributed by atoms with Crippen molar-refractivity contribution in [2.24, 2.45) is 5.41 Å². The highest BCUT2D eigenvalue weighted by molar-refractivity contribution is 8.00. The molecule has 7 rings (SSSR count). The Bertz CT molecular complexity index is 2540. The Kier molecular flexibility index (Phi) is 17.8. The summed E-state index contributed by atoms with van der Waals surface area (Å²) in [7, 11) is 0. The summed E-state index contributed by atoms with van der Waals surface area (Å²) in [4.78, 5) is 70.3. The molecule has 0 spiro atoms. The Hall–Kier alpha value is -6.72. The number of hydrogen-bond acceptors (Lipinski definition) is 6. The van der Waals surface area contributed by atoms with Crippen LogP contribution in [0.1, 0.15) is 80.2 Å². The zero-order chi connectivity index (χ0) is 48.5. The normalized spacial score (nSPS) is 15.7. The van der Waals surface area contributed by atoms with E-state index in [1.54, 1.807) is 16.7 Å². The van der Waals surface area contributed by atoms with E-state index in [4.69, 9.17) is 0 Å². The SMILES string of the molecule is CCNC(=O)[C@]1(Cc2ccccc2)CCCN(C(=O)C(Cc2ccc3ccccc3c2)NC(=O)CCCCCNC(=O)C(CSC(c2ccccc2)(c2ccccc2)c2ccccc2)NC(C)=O)C1. The van der Waals surface area contributed by atoms with Gasteiger partial charge in [-0.25, -0.2) is 0 Å². The summed E-state index contributed by atoms with van der Waals surface area (Å²) in [6, 6.07) is 53.2. The van der Waals surface area contributed by atoms with E-state index in [-0.39, 0.29) is 42.5 Å². The van der Waals surface area contributed by atoms with Crippen molar-refractivity contribution in [2.45, 2.75) is 82.0 Å². The lowest BCUT2D eigenvalue weighted by Gasteiger charge is -2.43. The number of thioether (sulfide) groups is 1. The Morgan fingerprint density at radius 2 is 1.25 bits per heavy atom. The smallest absolute Gasteiger partial charge is 0.245 e. The second-order valence-electron chi connectivity index (χ2n) is 18.1. The maximum Gasteiger partial charge on any atom is 0.245 e. The van der Waals surface area contributed by atoms with Gasteiger partial charge in [0.05, 0.1) is 10.2 Å². The highest BCUT2D eigenvalue weighted by Crippen LogP contribution is 2.48. The molecule has 0 radical (unpaired) electrons. The summed E-state index contributed by atoms with van der Waals surface area (Å²) in [5.41, 5.74) is 4.36. The van der Waals surface area contributed by atoms with Crippen molar-refractivity contribution >= 4 is 52.1 Å². The van der Waals surface area contributed by atoms with Crippen molar-refractivity contribution < 1.29 is 24.0 Å². The average Bonchev–Trinajstić information content (AvgIpc) is 3.38. The predicted molar refractivity (Wildman–Crippen MR) is 277 cm³/mol. The fraction of sp³-hybridized carbons (Fsp3) is 0.328. The van der Waals surface area contributed by atoms with Gasteiger partial charge in [0.1, 0.15) is 12.1 Å². The Morgan fingerprint density at radius 3 is 1.86 bits per heavy atom. The molecule has 1 saturated heterocycles. The number of benzene rings is 6. The van der Waals surface area contributed by atoms with E-state index in [9.17, 15) is 24.0 Å². The van der Waals surface area contributed by atoms with Crippen molar-refractivity contribution in [2.75, 3.05) is 31.9 Å². The van der Waals surface area contributed by atoms with Gasteiger partial charge in [-0.05, 0) is 77.6 Å². The van der Waals surface area contributed by atoms with Crippen LogP contribution < -0.4 is 21.3 Å². The number of likely N-dealkylation sites (tertiary alicyclic amines) is 1. The molecule has 4 N–H and O–H groups in total. The zero-order valence-electron chi connectivity index (χ0n) is 39.8. The van der Waals surface area contributed by atoms with Gasteiger partial charge in [-0.15, -0.1) is 11.8 Å². The van der Waals surface area contributed by atoms with Crippen molar-refractivity contribution in [3.05, 3.63) is 192 Å². The van der Waals surface area contributed by atoms with Crippen LogP contribution in [0.25, 0.3) is 10.8 Å². The van der Waals surface area contributed by atoms with E-state index in [0.717, 1.165) is 38.6 Å². The third kappa shape index (κ3) is 13.1. The lowest BCUT2D eigenvalue weighted by atomic mass is 9.74. The third-order valence-corrected chi connectivity index (χ3v) is 14.7. The molecule has 10 nitrogen and oxygen atoms in total. The van der Waals surface area contributed by atoms with Crippen LogP contribution in [0.2, 0.25) is 0 Å². The summed E-state index contributed by atoms with van der Waals surface area (Å²) >= 11 is 1.61. The molecule has 0 aromatic heterocycles. The van der Waals surface area contributed by atoms with E-state index >= 15 is 0 Å². The number of piperidine rings is 1. The molecule has 0 bridgehead atoms. The molecular weight excluding hydrogens is 879 g/mol. The van der Waals surface area contributed by atoms with Crippen molar-refractivity contribution in [1.82, 2.24) is 26.2 Å². The molecule has 358 valence electrons. The number of unbranched alkanes of at least 4 members (excludes halogenated alkanes) is 2. The number of fused-ring (bicyclic) bond motifs is 1. The number of amides is 5. The third-order valence-electron chi connectivity index (χ3n) is 13.1. The Morgan fingerprint density at radius 1 is 0.652 bits per heavy atom. The topological polar surface area (TPSA) is 137 Å².